The van der Waals surface area contributed by atoms with Crippen molar-refractivity contribution < 1.29 is 9.90 Å². The number of aromatic nitrogens is 1. The number of rotatable bonds is 6. The molecule has 0 saturated heterocycles. The van der Waals surface area contributed by atoms with Gasteiger partial charge in [-0.05, 0) is 18.1 Å². The largest absolute Gasteiger partial charge is 0.396 e. The lowest BCUT2D eigenvalue weighted by molar-refractivity contribution is 0.0949. The van der Waals surface area contributed by atoms with Gasteiger partial charge in [0.25, 0.3) is 5.91 Å². The number of nitrogens with zero attached hydrogens (tertiary/aromatic N) is 1. The maximum atomic E-state index is 12.0. The van der Waals surface area contributed by atoms with Gasteiger partial charge >= 0.3 is 0 Å². The van der Waals surface area contributed by atoms with E-state index in [9.17, 15) is 4.79 Å². The lowest BCUT2D eigenvalue weighted by Crippen LogP contribution is -2.28. The number of carbonyl (C=O) groups is 1. The molecule has 108 valence electrons. The molecule has 5 nitrogen and oxygen atoms in total. The molecule has 1 heterocycles. The second kappa shape index (κ2) is 7.27. The summed E-state index contributed by atoms with van der Waals surface area (Å²) in [4.78, 5) is 14.7. The smallest absolute Gasteiger partial charge is 0.252 e. The van der Waals surface area contributed by atoms with Gasteiger partial charge < -0.3 is 15.4 Å². The van der Waals surface area contributed by atoms with Crippen LogP contribution in [0.1, 0.15) is 34.0 Å². The Hall–Kier alpha value is -2.58. The van der Waals surface area contributed by atoms with Crippen molar-refractivity contribution in [1.82, 2.24) is 10.3 Å². The fourth-order valence-electron chi connectivity index (χ4n) is 2.18. The number of hydrogen-bond donors (Lipinski definition) is 3. The third-order valence-corrected chi connectivity index (χ3v) is 3.32. The van der Waals surface area contributed by atoms with Crippen LogP contribution in [0.15, 0.2) is 42.6 Å². The summed E-state index contributed by atoms with van der Waals surface area (Å²) < 4.78 is 0. The number of carbonyl (C=O) groups excluding carboxylic acids is 1. The zero-order chi connectivity index (χ0) is 15.1. The molecule has 0 aliphatic rings. The van der Waals surface area contributed by atoms with E-state index in [0.717, 1.165) is 5.56 Å². The SMILES string of the molecule is N#Cc1cc(C(=O)NCC(CCO)c2ccccc2)c[nH]1. The predicted molar refractivity (Wildman–Crippen MR) is 78.7 cm³/mol. The second-order valence-electron chi connectivity index (χ2n) is 4.74. The van der Waals surface area contributed by atoms with E-state index < -0.39 is 0 Å². The molecule has 1 atom stereocenters. The van der Waals surface area contributed by atoms with Crippen molar-refractivity contribution in [3.8, 4) is 6.07 Å². The highest BCUT2D eigenvalue weighted by Crippen LogP contribution is 2.18. The zero-order valence-corrected chi connectivity index (χ0v) is 11.5. The van der Waals surface area contributed by atoms with Crippen molar-refractivity contribution in [3.63, 3.8) is 0 Å². The summed E-state index contributed by atoms with van der Waals surface area (Å²) in [6, 6.07) is 13.2. The Kier molecular flexibility index (Phi) is 5.13. The van der Waals surface area contributed by atoms with E-state index in [4.69, 9.17) is 10.4 Å². The van der Waals surface area contributed by atoms with Crippen molar-refractivity contribution in [2.75, 3.05) is 13.2 Å². The number of hydrogen-bond acceptors (Lipinski definition) is 3. The first kappa shape index (κ1) is 14.8. The highest BCUT2D eigenvalue weighted by molar-refractivity contribution is 5.94. The monoisotopic (exact) mass is 283 g/mol. The molecule has 21 heavy (non-hydrogen) atoms. The van der Waals surface area contributed by atoms with Crippen LogP contribution in [0.4, 0.5) is 0 Å². The molecule has 2 rings (SSSR count). The number of aliphatic hydroxyl groups excluding tert-OH is 1. The van der Waals surface area contributed by atoms with Crippen LogP contribution in [0.25, 0.3) is 0 Å². The molecular formula is C16H17N3O2. The van der Waals surface area contributed by atoms with Crippen molar-refractivity contribution in [2.45, 2.75) is 12.3 Å². The molecule has 0 fully saturated rings. The van der Waals surface area contributed by atoms with E-state index in [2.05, 4.69) is 10.3 Å². The average molecular weight is 283 g/mol. The summed E-state index contributed by atoms with van der Waals surface area (Å²) in [6.45, 7) is 0.509. The van der Waals surface area contributed by atoms with Crippen LogP contribution in [0.3, 0.4) is 0 Å². The van der Waals surface area contributed by atoms with E-state index in [1.54, 1.807) is 0 Å². The molecule has 1 amide bonds. The quantitative estimate of drug-likeness (QED) is 0.755. The van der Waals surface area contributed by atoms with Gasteiger partial charge in [-0.3, -0.25) is 4.79 Å². The van der Waals surface area contributed by atoms with Gasteiger partial charge in [-0.2, -0.15) is 5.26 Å². The minimum atomic E-state index is -0.230. The summed E-state index contributed by atoms with van der Waals surface area (Å²) in [5.41, 5.74) is 1.87. The van der Waals surface area contributed by atoms with Gasteiger partial charge in [0.05, 0.1) is 5.56 Å². The molecule has 0 aliphatic carbocycles. The molecule has 1 aromatic heterocycles. The van der Waals surface area contributed by atoms with E-state index in [-0.39, 0.29) is 18.4 Å². The van der Waals surface area contributed by atoms with Gasteiger partial charge in [-0.15, -0.1) is 0 Å². The van der Waals surface area contributed by atoms with Gasteiger partial charge in [0.15, 0.2) is 0 Å². The molecule has 0 aliphatic heterocycles. The fraction of sp³-hybridized carbons (Fsp3) is 0.250. The summed E-state index contributed by atoms with van der Waals surface area (Å²) in [5.74, 6) is -0.166. The average Bonchev–Trinajstić information content (AvgIpc) is 3.01. The summed E-state index contributed by atoms with van der Waals surface area (Å²) in [7, 11) is 0. The molecule has 0 saturated carbocycles. The molecule has 1 aromatic carbocycles. The van der Waals surface area contributed by atoms with Crippen LogP contribution in [-0.4, -0.2) is 29.1 Å². The number of nitrogens with one attached hydrogen (secondary N) is 2. The Morgan fingerprint density at radius 3 is 2.76 bits per heavy atom. The van der Waals surface area contributed by atoms with Gasteiger partial charge in [-0.25, -0.2) is 0 Å². The molecule has 0 spiro atoms. The van der Waals surface area contributed by atoms with Crippen LogP contribution < -0.4 is 5.32 Å². The van der Waals surface area contributed by atoms with Gasteiger partial charge in [-0.1, -0.05) is 30.3 Å². The van der Waals surface area contributed by atoms with Crippen molar-refractivity contribution in [1.29, 1.82) is 5.26 Å². The first-order valence-electron chi connectivity index (χ1n) is 6.77. The van der Waals surface area contributed by atoms with E-state index in [1.165, 1.54) is 12.3 Å². The summed E-state index contributed by atoms with van der Waals surface area (Å²) in [5, 5.41) is 20.7. The molecule has 3 N–H and O–H groups in total. The van der Waals surface area contributed by atoms with E-state index in [0.29, 0.717) is 24.2 Å². The highest BCUT2D eigenvalue weighted by Gasteiger charge is 2.14. The minimum Gasteiger partial charge on any atom is -0.396 e. The molecule has 2 aromatic rings. The van der Waals surface area contributed by atoms with Gasteiger partial charge in [0.1, 0.15) is 11.8 Å². The van der Waals surface area contributed by atoms with Crippen LogP contribution in [-0.2, 0) is 0 Å². The Balaban J connectivity index is 1.99. The zero-order valence-electron chi connectivity index (χ0n) is 11.5. The minimum absolute atomic E-state index is 0.0644. The van der Waals surface area contributed by atoms with Crippen molar-refractivity contribution in [3.05, 3.63) is 59.4 Å². The normalized spacial score (nSPS) is 11.6. The van der Waals surface area contributed by atoms with E-state index in [1.807, 2.05) is 36.4 Å². The molecular weight excluding hydrogens is 266 g/mol. The summed E-state index contributed by atoms with van der Waals surface area (Å²) in [6.07, 6.45) is 2.10. The fourth-order valence-corrected chi connectivity index (χ4v) is 2.18. The maximum Gasteiger partial charge on any atom is 0.252 e. The number of H-pyrrole nitrogens is 1. The lowest BCUT2D eigenvalue weighted by Gasteiger charge is -2.16. The number of nitriles is 1. The van der Waals surface area contributed by atoms with Crippen LogP contribution in [0, 0.1) is 11.3 Å². The Morgan fingerprint density at radius 1 is 1.38 bits per heavy atom. The van der Waals surface area contributed by atoms with Crippen LogP contribution in [0.2, 0.25) is 0 Å². The number of aliphatic hydroxyl groups is 1. The third-order valence-electron chi connectivity index (χ3n) is 3.32. The number of aromatic amines is 1. The number of benzene rings is 1. The molecule has 0 radical (unpaired) electrons. The first-order chi connectivity index (χ1) is 10.2. The first-order valence-corrected chi connectivity index (χ1v) is 6.77. The Morgan fingerprint density at radius 2 is 2.14 bits per heavy atom. The van der Waals surface area contributed by atoms with Crippen molar-refractivity contribution in [2.24, 2.45) is 0 Å². The highest BCUT2D eigenvalue weighted by atomic mass is 16.3. The third kappa shape index (κ3) is 3.94. The van der Waals surface area contributed by atoms with Crippen molar-refractivity contribution >= 4 is 5.91 Å². The second-order valence-corrected chi connectivity index (χ2v) is 4.74. The summed E-state index contributed by atoms with van der Waals surface area (Å²) >= 11 is 0. The lowest BCUT2D eigenvalue weighted by atomic mass is 9.96. The molecule has 0 bridgehead atoms. The Labute approximate surface area is 123 Å². The van der Waals surface area contributed by atoms with Gasteiger partial charge in [0, 0.05) is 25.3 Å². The maximum absolute atomic E-state index is 12.0. The topological polar surface area (TPSA) is 88.9 Å². The molecule has 5 heteroatoms. The Bertz CT molecular complexity index is 628. The van der Waals surface area contributed by atoms with Crippen LogP contribution in [0.5, 0.6) is 0 Å². The molecule has 1 unspecified atom stereocenters. The van der Waals surface area contributed by atoms with E-state index >= 15 is 0 Å². The predicted octanol–water partition coefficient (Wildman–Crippen LogP) is 1.78. The van der Waals surface area contributed by atoms with Crippen LogP contribution >= 0.6 is 0 Å². The standard InChI is InChI=1S/C16H17N3O2/c17-9-15-8-14(11-18-15)16(21)19-10-13(6-7-20)12-4-2-1-3-5-12/h1-5,8,11,13,18,20H,6-7,10H2,(H,19,21). The number of amides is 1. The van der Waals surface area contributed by atoms with Gasteiger partial charge in [0.2, 0.25) is 0 Å².